The van der Waals surface area contributed by atoms with Crippen molar-refractivity contribution in [2.24, 2.45) is 5.92 Å². The second-order valence-corrected chi connectivity index (χ2v) is 4.06. The number of carbonyl (C=O) groups is 2. The summed E-state index contributed by atoms with van der Waals surface area (Å²) in [5.74, 6) is -1.32. The van der Waals surface area contributed by atoms with Gasteiger partial charge in [0.2, 0.25) is 0 Å². The van der Waals surface area contributed by atoms with Crippen molar-refractivity contribution < 1.29 is 19.4 Å². The molecular formula is C12H19O4. The van der Waals surface area contributed by atoms with E-state index in [1.165, 1.54) is 6.42 Å². The molecule has 0 amide bonds. The first kappa shape index (κ1) is 14.7. The Labute approximate surface area is 96.3 Å². The van der Waals surface area contributed by atoms with Crippen LogP contribution in [0, 0.1) is 5.92 Å². The SMILES string of the molecule is CC(C)CCCCCOC(=O)/C=C/C([O])=O. The molecule has 16 heavy (non-hydrogen) atoms. The molecule has 0 bridgehead atoms. The normalized spacial score (nSPS) is 10.9. The summed E-state index contributed by atoms with van der Waals surface area (Å²) >= 11 is 0. The van der Waals surface area contributed by atoms with Crippen LogP contribution in [0.15, 0.2) is 12.2 Å². The molecule has 0 spiro atoms. The van der Waals surface area contributed by atoms with Gasteiger partial charge in [-0.15, -0.1) is 0 Å². The van der Waals surface area contributed by atoms with Gasteiger partial charge in [0.05, 0.1) is 6.61 Å². The Hall–Kier alpha value is -1.32. The van der Waals surface area contributed by atoms with Gasteiger partial charge < -0.3 is 4.74 Å². The van der Waals surface area contributed by atoms with Crippen molar-refractivity contribution in [1.29, 1.82) is 0 Å². The van der Waals surface area contributed by atoms with E-state index in [9.17, 15) is 14.7 Å². The smallest absolute Gasteiger partial charge is 0.379 e. The van der Waals surface area contributed by atoms with E-state index in [-0.39, 0.29) is 0 Å². The standard InChI is InChI=1S/C12H19O4/c1-10(2)6-4-3-5-9-16-12(15)8-7-11(13)14/h7-8,10H,3-6,9H2,1-2H3/b8-7+. The number of hydrogen-bond donors (Lipinski definition) is 0. The van der Waals surface area contributed by atoms with Crippen LogP contribution in [0.1, 0.15) is 39.5 Å². The topological polar surface area (TPSA) is 63.3 Å². The zero-order valence-electron chi connectivity index (χ0n) is 9.90. The van der Waals surface area contributed by atoms with Crippen LogP contribution in [0.4, 0.5) is 0 Å². The van der Waals surface area contributed by atoms with Crippen LogP contribution < -0.4 is 0 Å². The highest BCUT2D eigenvalue weighted by molar-refractivity contribution is 5.90. The molecule has 0 heterocycles. The van der Waals surface area contributed by atoms with E-state index in [1.54, 1.807) is 0 Å². The minimum atomic E-state index is -1.39. The average Bonchev–Trinajstić information content (AvgIpc) is 2.19. The molecule has 0 saturated carbocycles. The maximum atomic E-state index is 10.9. The van der Waals surface area contributed by atoms with Gasteiger partial charge in [0.15, 0.2) is 0 Å². The molecule has 0 aliphatic heterocycles. The number of ether oxygens (including phenoxy) is 1. The molecule has 1 radical (unpaired) electrons. The van der Waals surface area contributed by atoms with Crippen molar-refractivity contribution in [3.05, 3.63) is 12.2 Å². The van der Waals surface area contributed by atoms with Gasteiger partial charge in [-0.2, -0.15) is 0 Å². The minimum Gasteiger partial charge on any atom is -0.463 e. The zero-order valence-corrected chi connectivity index (χ0v) is 9.90. The van der Waals surface area contributed by atoms with E-state index < -0.39 is 11.9 Å². The first-order valence-corrected chi connectivity index (χ1v) is 5.58. The molecule has 0 fully saturated rings. The Morgan fingerprint density at radius 3 is 2.38 bits per heavy atom. The quantitative estimate of drug-likeness (QED) is 0.363. The fourth-order valence-electron chi connectivity index (χ4n) is 1.19. The van der Waals surface area contributed by atoms with E-state index in [0.717, 1.165) is 25.3 Å². The molecule has 0 aliphatic carbocycles. The molecule has 0 unspecified atom stereocenters. The summed E-state index contributed by atoms with van der Waals surface area (Å²) in [7, 11) is 0. The molecule has 0 saturated heterocycles. The maximum Gasteiger partial charge on any atom is 0.379 e. The van der Waals surface area contributed by atoms with Crippen LogP contribution in [-0.4, -0.2) is 18.5 Å². The minimum absolute atomic E-state index is 0.342. The molecule has 0 aromatic rings. The molecular weight excluding hydrogens is 208 g/mol. The summed E-state index contributed by atoms with van der Waals surface area (Å²) < 4.78 is 4.78. The molecule has 91 valence electrons. The summed E-state index contributed by atoms with van der Waals surface area (Å²) in [5.41, 5.74) is 0. The van der Waals surface area contributed by atoms with Crippen molar-refractivity contribution in [3.8, 4) is 0 Å². The lowest BCUT2D eigenvalue weighted by Gasteiger charge is -2.04. The molecule has 0 aromatic heterocycles. The highest BCUT2D eigenvalue weighted by Gasteiger charge is 1.99. The van der Waals surface area contributed by atoms with Crippen LogP contribution in [0.3, 0.4) is 0 Å². The van der Waals surface area contributed by atoms with E-state index >= 15 is 0 Å². The third-order valence-corrected chi connectivity index (χ3v) is 2.03. The van der Waals surface area contributed by atoms with Crippen LogP contribution >= 0.6 is 0 Å². The molecule has 0 N–H and O–H groups in total. The summed E-state index contributed by atoms with van der Waals surface area (Å²) in [6.45, 7) is 4.68. The predicted molar refractivity (Wildman–Crippen MR) is 59.1 cm³/mol. The van der Waals surface area contributed by atoms with Crippen molar-refractivity contribution in [2.45, 2.75) is 39.5 Å². The van der Waals surface area contributed by atoms with E-state index in [0.29, 0.717) is 18.6 Å². The molecule has 0 aromatic carbocycles. The Kier molecular flexibility index (Phi) is 8.21. The monoisotopic (exact) mass is 227 g/mol. The highest BCUT2D eigenvalue weighted by Crippen LogP contribution is 2.07. The van der Waals surface area contributed by atoms with Gasteiger partial charge in [-0.1, -0.05) is 33.1 Å². The van der Waals surface area contributed by atoms with Crippen molar-refractivity contribution in [2.75, 3.05) is 6.61 Å². The highest BCUT2D eigenvalue weighted by atomic mass is 16.5. The van der Waals surface area contributed by atoms with Gasteiger partial charge in [-0.3, -0.25) is 0 Å². The van der Waals surface area contributed by atoms with Gasteiger partial charge >= 0.3 is 11.9 Å². The number of unbranched alkanes of at least 4 members (excludes halogenated alkanes) is 2. The van der Waals surface area contributed by atoms with E-state index in [2.05, 4.69) is 13.8 Å². The Balaban J connectivity index is 3.38. The maximum absolute atomic E-state index is 10.9. The number of carbonyl (C=O) groups excluding carboxylic acids is 2. The molecule has 4 nitrogen and oxygen atoms in total. The van der Waals surface area contributed by atoms with Gasteiger partial charge in [-0.25, -0.2) is 14.7 Å². The Morgan fingerprint density at radius 2 is 1.81 bits per heavy atom. The van der Waals surface area contributed by atoms with Crippen molar-refractivity contribution >= 4 is 11.9 Å². The average molecular weight is 227 g/mol. The molecule has 0 rings (SSSR count). The number of rotatable bonds is 8. The third kappa shape index (κ3) is 10.8. The lowest BCUT2D eigenvalue weighted by atomic mass is 10.1. The summed E-state index contributed by atoms with van der Waals surface area (Å²) in [5, 5.41) is 9.98. The number of hydrogen-bond acceptors (Lipinski definition) is 3. The van der Waals surface area contributed by atoms with Gasteiger partial charge in [0, 0.05) is 12.2 Å². The summed E-state index contributed by atoms with van der Waals surface area (Å²) in [4.78, 5) is 20.9. The number of esters is 1. The predicted octanol–water partition coefficient (Wildman–Crippen LogP) is 2.26. The largest absolute Gasteiger partial charge is 0.463 e. The lowest BCUT2D eigenvalue weighted by Crippen LogP contribution is -2.03. The fraction of sp³-hybridized carbons (Fsp3) is 0.667. The fourth-order valence-corrected chi connectivity index (χ4v) is 1.19. The van der Waals surface area contributed by atoms with Gasteiger partial charge in [-0.05, 0) is 12.3 Å². The first-order chi connectivity index (χ1) is 7.52. The van der Waals surface area contributed by atoms with Gasteiger partial charge in [0.25, 0.3) is 0 Å². The van der Waals surface area contributed by atoms with E-state index in [1.807, 2.05) is 0 Å². The summed E-state index contributed by atoms with van der Waals surface area (Å²) in [6, 6.07) is 0. The second-order valence-electron chi connectivity index (χ2n) is 4.06. The van der Waals surface area contributed by atoms with Crippen LogP contribution in [0.5, 0.6) is 0 Å². The van der Waals surface area contributed by atoms with Crippen molar-refractivity contribution in [3.63, 3.8) is 0 Å². The van der Waals surface area contributed by atoms with Crippen LogP contribution in [-0.2, 0) is 19.4 Å². The molecule has 0 aliphatic rings. The zero-order chi connectivity index (χ0) is 12.4. The Morgan fingerprint density at radius 1 is 1.12 bits per heavy atom. The Bertz CT molecular complexity index is 243. The van der Waals surface area contributed by atoms with Gasteiger partial charge in [0.1, 0.15) is 0 Å². The van der Waals surface area contributed by atoms with Crippen LogP contribution in [0.2, 0.25) is 0 Å². The lowest BCUT2D eigenvalue weighted by molar-refractivity contribution is -0.140. The van der Waals surface area contributed by atoms with Crippen molar-refractivity contribution in [1.82, 2.24) is 0 Å². The van der Waals surface area contributed by atoms with E-state index in [4.69, 9.17) is 4.74 Å². The first-order valence-electron chi connectivity index (χ1n) is 5.58. The molecule has 4 heteroatoms. The summed E-state index contributed by atoms with van der Waals surface area (Å²) in [6.07, 6.45) is 5.68. The molecule has 0 atom stereocenters. The second kappa shape index (κ2) is 8.95. The third-order valence-electron chi connectivity index (χ3n) is 2.03. The van der Waals surface area contributed by atoms with Crippen LogP contribution in [0.25, 0.3) is 0 Å².